The maximum Gasteiger partial charge on any atom is 0.130 e. The lowest BCUT2D eigenvalue weighted by Gasteiger charge is -2.42. The minimum atomic E-state index is 0.394. The average molecular weight is 312 g/mol. The molecule has 0 saturated heterocycles. The predicted molar refractivity (Wildman–Crippen MR) is 89.8 cm³/mol. The molecule has 0 spiro atoms. The third kappa shape index (κ3) is 3.62. The first-order valence-corrected chi connectivity index (χ1v) is 8.47. The highest BCUT2D eigenvalue weighted by Crippen LogP contribution is 2.42. The molecule has 1 fully saturated rings. The first kappa shape index (κ1) is 16.8. The highest BCUT2D eigenvalue weighted by molar-refractivity contribution is 6.30. The Morgan fingerprint density at radius 1 is 1.33 bits per heavy atom. The lowest BCUT2D eigenvalue weighted by molar-refractivity contribution is 0.116. The van der Waals surface area contributed by atoms with Crippen LogP contribution < -0.4 is 5.32 Å². The molecule has 0 amide bonds. The first-order valence-electron chi connectivity index (χ1n) is 8.09. The monoisotopic (exact) mass is 311 g/mol. The summed E-state index contributed by atoms with van der Waals surface area (Å²) in [5.41, 5.74) is 2.71. The molecule has 120 valence electrons. The van der Waals surface area contributed by atoms with E-state index in [0.29, 0.717) is 17.4 Å². The average Bonchev–Trinajstić information content (AvgIpc) is 2.64. The van der Waals surface area contributed by atoms with Gasteiger partial charge in [-0.3, -0.25) is 4.68 Å². The van der Waals surface area contributed by atoms with Crippen molar-refractivity contribution in [3.8, 4) is 0 Å². The fourth-order valence-electron chi connectivity index (χ4n) is 3.82. The van der Waals surface area contributed by atoms with E-state index in [9.17, 15) is 0 Å². The summed E-state index contributed by atoms with van der Waals surface area (Å²) in [5, 5.41) is 8.79. The largest absolute Gasteiger partial charge is 0.317 e. The summed E-state index contributed by atoms with van der Waals surface area (Å²) in [6, 6.07) is 0.597. The van der Waals surface area contributed by atoms with Gasteiger partial charge in [-0.05, 0) is 56.9 Å². The summed E-state index contributed by atoms with van der Waals surface area (Å²) in [7, 11) is 4.01. The van der Waals surface area contributed by atoms with Gasteiger partial charge in [-0.15, -0.1) is 0 Å². The molecular weight excluding hydrogens is 282 g/mol. The maximum absolute atomic E-state index is 6.43. The topological polar surface area (TPSA) is 29.9 Å². The maximum atomic E-state index is 6.43. The van der Waals surface area contributed by atoms with E-state index in [0.717, 1.165) is 23.2 Å². The Balaban J connectivity index is 2.18. The van der Waals surface area contributed by atoms with Crippen molar-refractivity contribution in [3.63, 3.8) is 0 Å². The molecule has 1 N–H and O–H groups in total. The molecular formula is C17H30ClN3. The zero-order valence-electron chi connectivity index (χ0n) is 14.3. The van der Waals surface area contributed by atoms with E-state index in [2.05, 4.69) is 45.2 Å². The van der Waals surface area contributed by atoms with Gasteiger partial charge in [0.25, 0.3) is 0 Å². The summed E-state index contributed by atoms with van der Waals surface area (Å²) < 4.78 is 1.80. The van der Waals surface area contributed by atoms with E-state index in [1.807, 2.05) is 7.05 Å². The molecule has 21 heavy (non-hydrogen) atoms. The molecule has 2 rings (SSSR count). The molecule has 0 aliphatic heterocycles. The smallest absolute Gasteiger partial charge is 0.130 e. The van der Waals surface area contributed by atoms with E-state index in [4.69, 9.17) is 11.6 Å². The van der Waals surface area contributed by atoms with Gasteiger partial charge in [0.15, 0.2) is 0 Å². The number of nitrogens with zero attached hydrogens (tertiary/aromatic N) is 2. The van der Waals surface area contributed by atoms with E-state index in [-0.39, 0.29) is 0 Å². The van der Waals surface area contributed by atoms with Crippen molar-refractivity contribution in [2.24, 2.45) is 24.3 Å². The van der Waals surface area contributed by atoms with Gasteiger partial charge < -0.3 is 5.32 Å². The standard InChI is InChI=1S/C17H30ClN3/c1-11-14(16(18)21(6)20-11)10-12-9-13(17(2,3)4)7-8-15(12)19-5/h12-13,15,19H,7-10H2,1-6H3. The van der Waals surface area contributed by atoms with Crippen molar-refractivity contribution in [1.29, 1.82) is 0 Å². The highest BCUT2D eigenvalue weighted by atomic mass is 35.5. The number of nitrogens with one attached hydrogen (secondary N) is 1. The molecule has 1 heterocycles. The fraction of sp³-hybridized carbons (Fsp3) is 0.824. The molecule has 4 heteroatoms. The van der Waals surface area contributed by atoms with Crippen molar-refractivity contribution in [3.05, 3.63) is 16.4 Å². The molecule has 1 aromatic rings. The van der Waals surface area contributed by atoms with Crippen molar-refractivity contribution in [2.45, 2.75) is 59.4 Å². The Morgan fingerprint density at radius 3 is 2.48 bits per heavy atom. The summed E-state index contributed by atoms with van der Waals surface area (Å²) in [4.78, 5) is 0. The molecule has 1 aromatic heterocycles. The van der Waals surface area contributed by atoms with Crippen LogP contribution in [0.4, 0.5) is 0 Å². The second-order valence-corrected chi connectivity index (χ2v) is 8.07. The van der Waals surface area contributed by atoms with Crippen LogP contribution in [0.2, 0.25) is 5.15 Å². The van der Waals surface area contributed by atoms with Crippen LogP contribution in [0.15, 0.2) is 0 Å². The molecule has 1 saturated carbocycles. The van der Waals surface area contributed by atoms with Gasteiger partial charge in [-0.25, -0.2) is 0 Å². The SMILES string of the molecule is CNC1CCC(C(C)(C)C)CC1Cc1c(C)nn(C)c1Cl. The minimum absolute atomic E-state index is 0.394. The summed E-state index contributed by atoms with van der Waals surface area (Å²) in [6.07, 6.45) is 4.90. The molecule has 0 radical (unpaired) electrons. The molecule has 3 atom stereocenters. The third-order valence-electron chi connectivity index (χ3n) is 5.31. The fourth-order valence-corrected chi connectivity index (χ4v) is 4.08. The van der Waals surface area contributed by atoms with Gasteiger partial charge in [0.1, 0.15) is 5.15 Å². The van der Waals surface area contributed by atoms with Crippen molar-refractivity contribution >= 4 is 11.6 Å². The number of aryl methyl sites for hydroxylation is 2. The van der Waals surface area contributed by atoms with Crippen molar-refractivity contribution < 1.29 is 0 Å². The molecule has 3 nitrogen and oxygen atoms in total. The molecule has 0 bridgehead atoms. The van der Waals surface area contributed by atoms with Crippen LogP contribution in [0.5, 0.6) is 0 Å². The van der Waals surface area contributed by atoms with Gasteiger partial charge in [-0.2, -0.15) is 5.10 Å². The summed E-state index contributed by atoms with van der Waals surface area (Å²) in [5.74, 6) is 1.44. The van der Waals surface area contributed by atoms with Crippen LogP contribution in [0.3, 0.4) is 0 Å². The van der Waals surface area contributed by atoms with Gasteiger partial charge in [0, 0.05) is 18.7 Å². The summed E-state index contributed by atoms with van der Waals surface area (Å²) in [6.45, 7) is 9.18. The van der Waals surface area contributed by atoms with Crippen LogP contribution in [0, 0.1) is 24.2 Å². The Bertz CT molecular complexity index is 487. The molecule has 3 unspecified atom stereocenters. The second-order valence-electron chi connectivity index (χ2n) is 7.71. The highest BCUT2D eigenvalue weighted by Gasteiger charge is 2.36. The number of hydrogen-bond donors (Lipinski definition) is 1. The quantitative estimate of drug-likeness (QED) is 0.915. The number of hydrogen-bond acceptors (Lipinski definition) is 2. The van der Waals surface area contributed by atoms with Crippen molar-refractivity contribution in [1.82, 2.24) is 15.1 Å². The molecule has 1 aliphatic carbocycles. The van der Waals surface area contributed by atoms with Crippen LogP contribution in [0.25, 0.3) is 0 Å². The third-order valence-corrected chi connectivity index (χ3v) is 5.79. The normalized spacial score (nSPS) is 27.1. The van der Waals surface area contributed by atoms with E-state index < -0.39 is 0 Å². The van der Waals surface area contributed by atoms with E-state index >= 15 is 0 Å². The van der Waals surface area contributed by atoms with Crippen LogP contribution in [-0.2, 0) is 13.5 Å². The van der Waals surface area contributed by atoms with Crippen LogP contribution in [0.1, 0.15) is 51.3 Å². The predicted octanol–water partition coefficient (Wildman–Crippen LogP) is 3.97. The lowest BCUT2D eigenvalue weighted by atomic mass is 9.66. The Kier molecular flexibility index (Phi) is 5.04. The minimum Gasteiger partial charge on any atom is -0.317 e. The van der Waals surface area contributed by atoms with Crippen LogP contribution >= 0.6 is 11.6 Å². The van der Waals surface area contributed by atoms with E-state index in [1.54, 1.807) is 4.68 Å². The number of halogens is 1. The van der Waals surface area contributed by atoms with Gasteiger partial charge in [0.05, 0.1) is 5.69 Å². The molecule has 0 aromatic carbocycles. The van der Waals surface area contributed by atoms with Gasteiger partial charge >= 0.3 is 0 Å². The van der Waals surface area contributed by atoms with E-state index in [1.165, 1.54) is 24.8 Å². The number of rotatable bonds is 3. The van der Waals surface area contributed by atoms with Crippen molar-refractivity contribution in [2.75, 3.05) is 7.05 Å². The number of aromatic nitrogens is 2. The van der Waals surface area contributed by atoms with Gasteiger partial charge in [0.2, 0.25) is 0 Å². The lowest BCUT2D eigenvalue weighted by Crippen LogP contribution is -2.42. The zero-order valence-corrected chi connectivity index (χ0v) is 15.1. The van der Waals surface area contributed by atoms with Gasteiger partial charge in [-0.1, -0.05) is 32.4 Å². The molecule has 1 aliphatic rings. The van der Waals surface area contributed by atoms with Crippen LogP contribution in [-0.4, -0.2) is 22.9 Å². The Hall–Kier alpha value is -0.540. The zero-order chi connectivity index (χ0) is 15.8. The second kappa shape index (κ2) is 6.29. The Morgan fingerprint density at radius 2 is 2.00 bits per heavy atom. The first-order chi connectivity index (χ1) is 9.74. The summed E-state index contributed by atoms with van der Waals surface area (Å²) >= 11 is 6.43. The Labute approximate surface area is 134 Å².